The Kier molecular flexibility index (Phi) is 8.70. The largest absolute Gasteiger partial charge is 0.493 e. The minimum atomic E-state index is -1.22. The number of ether oxygens (including phenoxy) is 2. The van der Waals surface area contributed by atoms with Gasteiger partial charge in [-0.15, -0.1) is 0 Å². The third-order valence-electron chi connectivity index (χ3n) is 7.76. The van der Waals surface area contributed by atoms with Crippen LogP contribution in [-0.4, -0.2) is 71.7 Å². The fourth-order valence-corrected chi connectivity index (χ4v) is 5.68. The molecule has 0 bridgehead atoms. The van der Waals surface area contributed by atoms with E-state index in [1.165, 1.54) is 13.2 Å². The van der Waals surface area contributed by atoms with Crippen LogP contribution in [0.5, 0.6) is 11.5 Å². The number of hydrogen-bond donors (Lipinski definition) is 3. The highest BCUT2D eigenvalue weighted by atomic mass is 16.5. The van der Waals surface area contributed by atoms with E-state index in [1.54, 1.807) is 17.0 Å². The average molecular weight is 571 g/mol. The molecule has 0 saturated carbocycles. The third-order valence-corrected chi connectivity index (χ3v) is 7.76. The topological polar surface area (TPSA) is 125 Å². The minimum Gasteiger partial charge on any atom is -0.493 e. The highest BCUT2D eigenvalue weighted by Gasteiger charge is 2.51. The molecule has 1 aliphatic heterocycles. The van der Waals surface area contributed by atoms with E-state index in [0.29, 0.717) is 28.9 Å². The van der Waals surface area contributed by atoms with Crippen molar-refractivity contribution in [3.8, 4) is 11.5 Å². The van der Waals surface area contributed by atoms with Crippen LogP contribution in [-0.2, 0) is 22.6 Å². The standard InChI is InChI=1S/C33H34N2O7/c1-20-8-10-22(11-9-20)18-35(28(38)16-21-6-4-3-5-7-21)26-17-25(33(40)34-12-13-36)29-24-14-23(19-37)15-27(41-2)31(24)42-32(29)30(26)39/h3-11,14-15,17,19,26,29-30,32,36,39H,12-13,16,18H2,1-2H3,(H,34,40). The summed E-state index contributed by atoms with van der Waals surface area (Å²) in [4.78, 5) is 40.7. The van der Waals surface area contributed by atoms with Gasteiger partial charge in [0.25, 0.3) is 0 Å². The van der Waals surface area contributed by atoms with Gasteiger partial charge in [-0.2, -0.15) is 0 Å². The monoisotopic (exact) mass is 570 g/mol. The van der Waals surface area contributed by atoms with Crippen molar-refractivity contribution < 1.29 is 34.1 Å². The molecule has 0 saturated heterocycles. The van der Waals surface area contributed by atoms with Crippen molar-refractivity contribution in [3.05, 3.63) is 106 Å². The lowest BCUT2D eigenvalue weighted by atomic mass is 9.77. The van der Waals surface area contributed by atoms with E-state index >= 15 is 0 Å². The van der Waals surface area contributed by atoms with Crippen molar-refractivity contribution in [3.63, 3.8) is 0 Å². The van der Waals surface area contributed by atoms with Crippen molar-refractivity contribution in [2.24, 2.45) is 0 Å². The number of nitrogens with one attached hydrogen (secondary N) is 1. The molecule has 42 heavy (non-hydrogen) atoms. The van der Waals surface area contributed by atoms with E-state index in [2.05, 4.69) is 5.32 Å². The van der Waals surface area contributed by atoms with Gasteiger partial charge in [0.2, 0.25) is 11.8 Å². The molecule has 4 unspecified atom stereocenters. The normalized spacial score (nSPS) is 20.4. The second-order valence-electron chi connectivity index (χ2n) is 10.6. The van der Waals surface area contributed by atoms with Crippen molar-refractivity contribution in [2.45, 2.75) is 44.1 Å². The van der Waals surface area contributed by atoms with Crippen LogP contribution in [0.25, 0.3) is 0 Å². The fourth-order valence-electron chi connectivity index (χ4n) is 5.68. The zero-order chi connectivity index (χ0) is 29.8. The molecule has 1 aliphatic carbocycles. The first-order valence-electron chi connectivity index (χ1n) is 13.9. The summed E-state index contributed by atoms with van der Waals surface area (Å²) in [5.41, 5.74) is 3.90. The van der Waals surface area contributed by atoms with Crippen molar-refractivity contribution >= 4 is 18.1 Å². The van der Waals surface area contributed by atoms with Gasteiger partial charge >= 0.3 is 0 Å². The Hall–Kier alpha value is -4.47. The van der Waals surface area contributed by atoms with Gasteiger partial charge in [-0.3, -0.25) is 14.4 Å². The number of benzene rings is 3. The van der Waals surface area contributed by atoms with E-state index in [-0.39, 0.29) is 37.6 Å². The molecule has 3 N–H and O–H groups in total. The Morgan fingerprint density at radius 3 is 2.48 bits per heavy atom. The van der Waals surface area contributed by atoms with Crippen LogP contribution in [0.1, 0.15) is 38.5 Å². The van der Waals surface area contributed by atoms with E-state index in [4.69, 9.17) is 9.47 Å². The molecule has 0 fully saturated rings. The second kappa shape index (κ2) is 12.6. The van der Waals surface area contributed by atoms with Crippen molar-refractivity contribution in [1.82, 2.24) is 10.2 Å². The molecule has 4 atom stereocenters. The number of hydrogen-bond acceptors (Lipinski definition) is 7. The summed E-state index contributed by atoms with van der Waals surface area (Å²) in [6.45, 7) is 1.93. The second-order valence-corrected chi connectivity index (χ2v) is 10.6. The number of aliphatic hydroxyl groups excluding tert-OH is 2. The summed E-state index contributed by atoms with van der Waals surface area (Å²) in [5, 5.41) is 23.9. The van der Waals surface area contributed by atoms with Gasteiger partial charge in [0, 0.05) is 29.8 Å². The summed E-state index contributed by atoms with van der Waals surface area (Å²) in [6, 6.07) is 19.4. The lowest BCUT2D eigenvalue weighted by Gasteiger charge is -2.41. The molecule has 5 rings (SSSR count). The number of fused-ring (bicyclic) bond motifs is 3. The lowest BCUT2D eigenvalue weighted by Crippen LogP contribution is -2.55. The quantitative estimate of drug-likeness (QED) is 0.320. The number of methoxy groups -OCH3 is 1. The first kappa shape index (κ1) is 29.0. The number of aliphatic hydroxyl groups is 2. The van der Waals surface area contributed by atoms with Gasteiger partial charge in [-0.1, -0.05) is 60.2 Å². The van der Waals surface area contributed by atoms with Gasteiger partial charge in [0.1, 0.15) is 18.5 Å². The maximum Gasteiger partial charge on any atom is 0.247 e. The molecule has 3 aromatic rings. The number of nitrogens with zero attached hydrogens (tertiary/aromatic N) is 1. The van der Waals surface area contributed by atoms with Crippen LogP contribution >= 0.6 is 0 Å². The Morgan fingerprint density at radius 2 is 1.81 bits per heavy atom. The average Bonchev–Trinajstić information content (AvgIpc) is 3.40. The molecule has 1 heterocycles. The Morgan fingerprint density at radius 1 is 1.07 bits per heavy atom. The number of carbonyl (C=O) groups is 3. The van der Waals surface area contributed by atoms with Gasteiger partial charge in [-0.25, -0.2) is 0 Å². The van der Waals surface area contributed by atoms with E-state index in [1.807, 2.05) is 61.5 Å². The molecule has 3 aromatic carbocycles. The summed E-state index contributed by atoms with van der Waals surface area (Å²) >= 11 is 0. The molecule has 9 heteroatoms. The summed E-state index contributed by atoms with van der Waals surface area (Å²) in [6.07, 6.45) is 0.242. The summed E-state index contributed by atoms with van der Waals surface area (Å²) in [5.74, 6) is -0.788. The van der Waals surface area contributed by atoms with Gasteiger partial charge in [0.05, 0.1) is 32.1 Å². The minimum absolute atomic E-state index is 0.0201. The maximum absolute atomic E-state index is 13.9. The van der Waals surface area contributed by atoms with E-state index in [0.717, 1.165) is 16.7 Å². The molecular weight excluding hydrogens is 536 g/mol. The Balaban J connectivity index is 1.59. The summed E-state index contributed by atoms with van der Waals surface area (Å²) in [7, 11) is 1.45. The molecular formula is C33H34N2O7. The van der Waals surface area contributed by atoms with Crippen LogP contribution in [0.4, 0.5) is 0 Å². The predicted molar refractivity (Wildman–Crippen MR) is 155 cm³/mol. The molecule has 0 radical (unpaired) electrons. The molecule has 2 aliphatic rings. The number of rotatable bonds is 10. The molecule has 2 amide bonds. The molecule has 9 nitrogen and oxygen atoms in total. The van der Waals surface area contributed by atoms with Crippen LogP contribution in [0.2, 0.25) is 0 Å². The van der Waals surface area contributed by atoms with Crippen molar-refractivity contribution in [2.75, 3.05) is 20.3 Å². The zero-order valence-electron chi connectivity index (χ0n) is 23.5. The number of aryl methyl sites for hydroxylation is 1. The zero-order valence-corrected chi connectivity index (χ0v) is 23.5. The van der Waals surface area contributed by atoms with E-state index < -0.39 is 30.1 Å². The molecule has 218 valence electrons. The Bertz CT molecular complexity index is 1490. The fraction of sp³-hybridized carbons (Fsp3) is 0.303. The summed E-state index contributed by atoms with van der Waals surface area (Å²) < 4.78 is 11.8. The van der Waals surface area contributed by atoms with Gasteiger partial charge in [0.15, 0.2) is 11.5 Å². The maximum atomic E-state index is 13.9. The first-order chi connectivity index (χ1) is 20.3. The number of amides is 2. The molecule has 0 aromatic heterocycles. The highest BCUT2D eigenvalue weighted by Crippen LogP contribution is 2.51. The predicted octanol–water partition coefficient (Wildman–Crippen LogP) is 2.71. The van der Waals surface area contributed by atoms with Crippen LogP contribution in [0.3, 0.4) is 0 Å². The van der Waals surface area contributed by atoms with Crippen LogP contribution in [0.15, 0.2) is 78.4 Å². The lowest BCUT2D eigenvalue weighted by molar-refractivity contribution is -0.137. The Labute approximate surface area is 244 Å². The highest BCUT2D eigenvalue weighted by molar-refractivity contribution is 5.96. The van der Waals surface area contributed by atoms with Crippen LogP contribution < -0.4 is 14.8 Å². The SMILES string of the molecule is COc1cc(C=O)cc2c1OC1C2C(C(=O)NCCO)=CC(N(Cc2ccc(C)cc2)C(=O)Cc2ccccc2)C1O. The van der Waals surface area contributed by atoms with Crippen molar-refractivity contribution in [1.29, 1.82) is 0 Å². The van der Waals surface area contributed by atoms with Gasteiger partial charge < -0.3 is 29.9 Å². The number of aldehydes is 1. The smallest absolute Gasteiger partial charge is 0.247 e. The van der Waals surface area contributed by atoms with E-state index in [9.17, 15) is 24.6 Å². The first-order valence-corrected chi connectivity index (χ1v) is 13.9. The molecule has 0 spiro atoms. The number of carbonyl (C=O) groups excluding carboxylic acids is 3. The third kappa shape index (κ3) is 5.79. The van der Waals surface area contributed by atoms with Gasteiger partial charge in [-0.05, 0) is 36.3 Å². The van der Waals surface area contributed by atoms with Crippen LogP contribution in [0, 0.1) is 6.92 Å².